The lowest BCUT2D eigenvalue weighted by Gasteiger charge is -2.18. The Hall–Kier alpha value is -1.38. The number of anilines is 1. The summed E-state index contributed by atoms with van der Waals surface area (Å²) in [4.78, 5) is 0. The normalized spacial score (nSPS) is 12.3. The average molecular weight is 251 g/mol. The molecule has 0 fully saturated rings. The maximum Gasteiger partial charge on any atom is 0.162 e. The standard InChI is InChI=1S/C15H25NO2/c1-6-18-14-8-7-13(10-15(14)17-5)16-12(4)9-11(2)3/h7-8,10-12,16H,6,9H2,1-5H3. The van der Waals surface area contributed by atoms with Gasteiger partial charge in [-0.2, -0.15) is 0 Å². The number of nitrogens with one attached hydrogen (secondary N) is 1. The van der Waals surface area contributed by atoms with Gasteiger partial charge in [0.2, 0.25) is 0 Å². The molecule has 1 aromatic carbocycles. The molecule has 1 unspecified atom stereocenters. The highest BCUT2D eigenvalue weighted by Crippen LogP contribution is 2.30. The van der Waals surface area contributed by atoms with Gasteiger partial charge in [0.05, 0.1) is 13.7 Å². The third-order valence-corrected chi connectivity index (χ3v) is 2.70. The van der Waals surface area contributed by atoms with E-state index >= 15 is 0 Å². The second-order valence-corrected chi connectivity index (χ2v) is 4.97. The first-order chi connectivity index (χ1) is 8.56. The van der Waals surface area contributed by atoms with Crippen LogP contribution >= 0.6 is 0 Å². The molecule has 18 heavy (non-hydrogen) atoms. The summed E-state index contributed by atoms with van der Waals surface area (Å²) < 4.78 is 10.8. The van der Waals surface area contributed by atoms with E-state index in [1.54, 1.807) is 7.11 Å². The van der Waals surface area contributed by atoms with Crippen molar-refractivity contribution >= 4 is 5.69 Å². The van der Waals surface area contributed by atoms with Crippen molar-refractivity contribution in [1.29, 1.82) is 0 Å². The molecule has 0 aliphatic rings. The zero-order chi connectivity index (χ0) is 13.5. The van der Waals surface area contributed by atoms with Crippen LogP contribution < -0.4 is 14.8 Å². The summed E-state index contributed by atoms with van der Waals surface area (Å²) in [6.45, 7) is 9.28. The third kappa shape index (κ3) is 4.47. The van der Waals surface area contributed by atoms with Gasteiger partial charge in [0.1, 0.15) is 0 Å². The van der Waals surface area contributed by atoms with Gasteiger partial charge in [-0.15, -0.1) is 0 Å². The maximum atomic E-state index is 5.50. The van der Waals surface area contributed by atoms with E-state index in [0.29, 0.717) is 18.6 Å². The van der Waals surface area contributed by atoms with E-state index in [1.165, 1.54) is 0 Å². The van der Waals surface area contributed by atoms with Crippen molar-refractivity contribution in [2.24, 2.45) is 5.92 Å². The number of rotatable bonds is 7. The van der Waals surface area contributed by atoms with Crippen LogP contribution in [0.5, 0.6) is 11.5 Å². The van der Waals surface area contributed by atoms with Crippen LogP contribution in [0.4, 0.5) is 5.69 Å². The molecule has 0 saturated heterocycles. The minimum Gasteiger partial charge on any atom is -0.493 e. The Morgan fingerprint density at radius 3 is 2.44 bits per heavy atom. The molecule has 3 heteroatoms. The van der Waals surface area contributed by atoms with Crippen molar-refractivity contribution in [3.63, 3.8) is 0 Å². The fourth-order valence-electron chi connectivity index (χ4n) is 2.08. The maximum absolute atomic E-state index is 5.50. The zero-order valence-electron chi connectivity index (χ0n) is 12.1. The second kappa shape index (κ2) is 7.14. The molecule has 0 aromatic heterocycles. The Morgan fingerprint density at radius 2 is 1.89 bits per heavy atom. The number of hydrogen-bond donors (Lipinski definition) is 1. The highest BCUT2D eigenvalue weighted by atomic mass is 16.5. The van der Waals surface area contributed by atoms with Crippen LogP contribution in [0.1, 0.15) is 34.1 Å². The van der Waals surface area contributed by atoms with Gasteiger partial charge < -0.3 is 14.8 Å². The molecule has 102 valence electrons. The number of methoxy groups -OCH3 is 1. The summed E-state index contributed by atoms with van der Waals surface area (Å²) in [6, 6.07) is 6.42. The average Bonchev–Trinajstić information content (AvgIpc) is 2.30. The van der Waals surface area contributed by atoms with Crippen molar-refractivity contribution in [3.8, 4) is 11.5 Å². The topological polar surface area (TPSA) is 30.5 Å². The minimum atomic E-state index is 0.452. The molecule has 0 heterocycles. The van der Waals surface area contributed by atoms with Gasteiger partial charge in [0.25, 0.3) is 0 Å². The lowest BCUT2D eigenvalue weighted by Crippen LogP contribution is -2.17. The van der Waals surface area contributed by atoms with Crippen LogP contribution in [0.2, 0.25) is 0 Å². The Bertz CT molecular complexity index is 364. The fraction of sp³-hybridized carbons (Fsp3) is 0.600. The Kier molecular flexibility index (Phi) is 5.83. The van der Waals surface area contributed by atoms with Gasteiger partial charge in [-0.3, -0.25) is 0 Å². The van der Waals surface area contributed by atoms with Crippen LogP contribution in [-0.2, 0) is 0 Å². The van der Waals surface area contributed by atoms with Crippen LogP contribution in [0.15, 0.2) is 18.2 Å². The van der Waals surface area contributed by atoms with Crippen LogP contribution in [0.25, 0.3) is 0 Å². The molecule has 0 radical (unpaired) electrons. The predicted octanol–water partition coefficient (Wildman–Crippen LogP) is 3.94. The lowest BCUT2D eigenvalue weighted by atomic mass is 10.1. The summed E-state index contributed by atoms with van der Waals surface area (Å²) in [6.07, 6.45) is 1.15. The van der Waals surface area contributed by atoms with E-state index in [4.69, 9.17) is 9.47 Å². The molecule has 1 rings (SSSR count). The zero-order valence-corrected chi connectivity index (χ0v) is 12.1. The molecule has 0 saturated carbocycles. The highest BCUT2D eigenvalue weighted by Gasteiger charge is 2.08. The van der Waals surface area contributed by atoms with Gasteiger partial charge >= 0.3 is 0 Å². The largest absolute Gasteiger partial charge is 0.493 e. The first-order valence-electron chi connectivity index (χ1n) is 6.64. The van der Waals surface area contributed by atoms with E-state index in [2.05, 4.69) is 26.1 Å². The SMILES string of the molecule is CCOc1ccc(NC(C)CC(C)C)cc1OC. The highest BCUT2D eigenvalue weighted by molar-refractivity contribution is 5.55. The summed E-state index contributed by atoms with van der Waals surface area (Å²) >= 11 is 0. The quantitative estimate of drug-likeness (QED) is 0.796. The third-order valence-electron chi connectivity index (χ3n) is 2.70. The molecule has 0 aliphatic carbocycles. The summed E-state index contributed by atoms with van der Waals surface area (Å²) in [5.74, 6) is 2.26. The molecule has 0 amide bonds. The predicted molar refractivity (Wildman–Crippen MR) is 76.7 cm³/mol. The second-order valence-electron chi connectivity index (χ2n) is 4.97. The molecular weight excluding hydrogens is 226 g/mol. The van der Waals surface area contributed by atoms with E-state index in [1.807, 2.05) is 25.1 Å². The van der Waals surface area contributed by atoms with Crippen LogP contribution in [0, 0.1) is 5.92 Å². The molecule has 1 atom stereocenters. The van der Waals surface area contributed by atoms with Gasteiger partial charge in [0.15, 0.2) is 11.5 Å². The number of hydrogen-bond acceptors (Lipinski definition) is 3. The molecule has 1 aromatic rings. The number of benzene rings is 1. The molecular formula is C15H25NO2. The molecule has 0 bridgehead atoms. The first-order valence-corrected chi connectivity index (χ1v) is 6.64. The van der Waals surface area contributed by atoms with Crippen molar-refractivity contribution in [2.45, 2.75) is 40.2 Å². The fourth-order valence-corrected chi connectivity index (χ4v) is 2.08. The van der Waals surface area contributed by atoms with Crippen molar-refractivity contribution < 1.29 is 9.47 Å². The molecule has 0 aliphatic heterocycles. The molecule has 0 spiro atoms. The van der Waals surface area contributed by atoms with Crippen molar-refractivity contribution in [1.82, 2.24) is 0 Å². The van der Waals surface area contributed by atoms with Gasteiger partial charge in [-0.05, 0) is 38.3 Å². The van der Waals surface area contributed by atoms with Crippen molar-refractivity contribution in [3.05, 3.63) is 18.2 Å². The first kappa shape index (κ1) is 14.7. The van der Waals surface area contributed by atoms with E-state index in [9.17, 15) is 0 Å². The lowest BCUT2D eigenvalue weighted by molar-refractivity contribution is 0.311. The Balaban J connectivity index is 2.72. The van der Waals surface area contributed by atoms with E-state index < -0.39 is 0 Å². The van der Waals surface area contributed by atoms with E-state index in [0.717, 1.165) is 23.6 Å². The Morgan fingerprint density at radius 1 is 1.17 bits per heavy atom. The Labute approximate surface area is 110 Å². The summed E-state index contributed by atoms with van der Waals surface area (Å²) in [7, 11) is 1.67. The van der Waals surface area contributed by atoms with Gasteiger partial charge in [0, 0.05) is 17.8 Å². The minimum absolute atomic E-state index is 0.452. The van der Waals surface area contributed by atoms with Crippen LogP contribution in [-0.4, -0.2) is 19.8 Å². The number of ether oxygens (including phenoxy) is 2. The van der Waals surface area contributed by atoms with Crippen molar-refractivity contribution in [2.75, 3.05) is 19.0 Å². The molecule has 3 nitrogen and oxygen atoms in total. The van der Waals surface area contributed by atoms with Gasteiger partial charge in [-0.1, -0.05) is 13.8 Å². The monoisotopic (exact) mass is 251 g/mol. The van der Waals surface area contributed by atoms with Gasteiger partial charge in [-0.25, -0.2) is 0 Å². The van der Waals surface area contributed by atoms with Crippen LogP contribution in [0.3, 0.4) is 0 Å². The molecule has 1 N–H and O–H groups in total. The summed E-state index contributed by atoms with van der Waals surface area (Å²) in [5.41, 5.74) is 1.07. The van der Waals surface area contributed by atoms with E-state index in [-0.39, 0.29) is 0 Å². The summed E-state index contributed by atoms with van der Waals surface area (Å²) in [5, 5.41) is 3.48. The smallest absolute Gasteiger partial charge is 0.162 e.